The summed E-state index contributed by atoms with van der Waals surface area (Å²) in [5.74, 6) is 4.61. The lowest BCUT2D eigenvalue weighted by Crippen LogP contribution is -2.16. The minimum absolute atomic E-state index is 0.857. The van der Waals surface area contributed by atoms with Gasteiger partial charge in [-0.15, -0.1) is 0 Å². The fraction of sp³-hybridized carbons (Fsp3) is 1.00. The number of hydrogen-bond donors (Lipinski definition) is 0. The van der Waals surface area contributed by atoms with Crippen LogP contribution in [0.1, 0.15) is 99.8 Å². The van der Waals surface area contributed by atoms with Gasteiger partial charge in [-0.3, -0.25) is 0 Å². The summed E-state index contributed by atoms with van der Waals surface area (Å²) in [5, 5.41) is 0. The van der Waals surface area contributed by atoms with Crippen molar-refractivity contribution in [3.05, 3.63) is 0 Å². The van der Waals surface area contributed by atoms with Crippen molar-refractivity contribution in [1.82, 2.24) is 0 Å². The Hall–Kier alpha value is 0. The van der Waals surface area contributed by atoms with Crippen molar-refractivity contribution in [1.29, 1.82) is 0 Å². The van der Waals surface area contributed by atoms with Crippen LogP contribution in [-0.4, -0.2) is 0 Å². The van der Waals surface area contributed by atoms with E-state index in [0.717, 1.165) is 29.6 Å². The minimum atomic E-state index is 0.857. The fourth-order valence-electron chi connectivity index (χ4n) is 3.89. The number of rotatable bonds is 12. The van der Waals surface area contributed by atoms with Crippen molar-refractivity contribution in [3.63, 3.8) is 0 Å². The SMILES string of the molecule is CCCC(CC)CC(CC(C)C)CC(CC)CC(C)C. The Balaban J connectivity index is 4.51. The molecule has 0 spiro atoms. The molecule has 0 aromatic carbocycles. The Morgan fingerprint density at radius 3 is 1.40 bits per heavy atom. The van der Waals surface area contributed by atoms with Crippen LogP contribution in [0.25, 0.3) is 0 Å². The van der Waals surface area contributed by atoms with Crippen LogP contribution in [0.3, 0.4) is 0 Å². The molecule has 0 saturated heterocycles. The highest BCUT2D eigenvalue weighted by atomic mass is 14.3. The van der Waals surface area contributed by atoms with Gasteiger partial charge in [0.15, 0.2) is 0 Å². The van der Waals surface area contributed by atoms with Crippen LogP contribution in [-0.2, 0) is 0 Å². The molecule has 3 atom stereocenters. The van der Waals surface area contributed by atoms with Crippen LogP contribution < -0.4 is 0 Å². The average molecular weight is 283 g/mol. The lowest BCUT2D eigenvalue weighted by Gasteiger charge is -2.28. The largest absolute Gasteiger partial charge is 0.0654 e. The van der Waals surface area contributed by atoms with E-state index in [4.69, 9.17) is 0 Å². The van der Waals surface area contributed by atoms with E-state index in [1.165, 1.54) is 51.4 Å². The third-order valence-corrected chi connectivity index (χ3v) is 4.79. The summed E-state index contributed by atoms with van der Waals surface area (Å²) >= 11 is 0. The Bertz CT molecular complexity index is 204. The zero-order chi connectivity index (χ0) is 15.5. The summed E-state index contributed by atoms with van der Waals surface area (Å²) in [6.45, 7) is 16.7. The van der Waals surface area contributed by atoms with Gasteiger partial charge in [0.1, 0.15) is 0 Å². The second-order valence-corrected chi connectivity index (χ2v) is 7.93. The van der Waals surface area contributed by atoms with Gasteiger partial charge in [0.2, 0.25) is 0 Å². The topological polar surface area (TPSA) is 0 Å². The highest BCUT2D eigenvalue weighted by molar-refractivity contribution is 4.72. The maximum absolute atomic E-state index is 2.40. The normalized spacial score (nSPS) is 16.6. The molecule has 3 unspecified atom stereocenters. The summed E-state index contributed by atoms with van der Waals surface area (Å²) in [7, 11) is 0. The van der Waals surface area contributed by atoms with Gasteiger partial charge >= 0.3 is 0 Å². The summed E-state index contributed by atoms with van der Waals surface area (Å²) in [6.07, 6.45) is 11.4. The molecule has 0 saturated carbocycles. The van der Waals surface area contributed by atoms with Gasteiger partial charge in [0, 0.05) is 0 Å². The molecule has 0 amide bonds. The van der Waals surface area contributed by atoms with Crippen LogP contribution in [0.15, 0.2) is 0 Å². The van der Waals surface area contributed by atoms with E-state index in [1.54, 1.807) is 0 Å². The van der Waals surface area contributed by atoms with Crippen LogP contribution in [0.4, 0.5) is 0 Å². The molecular formula is C20H42. The molecule has 0 bridgehead atoms. The van der Waals surface area contributed by atoms with Crippen molar-refractivity contribution in [2.45, 2.75) is 99.8 Å². The molecule has 0 radical (unpaired) electrons. The van der Waals surface area contributed by atoms with Crippen LogP contribution in [0, 0.1) is 29.6 Å². The standard InChI is InChI=1S/C20H42/c1-8-11-18(9-2)14-20(13-17(6)7)15-19(10-3)12-16(4)5/h16-20H,8-15H2,1-7H3. The zero-order valence-electron chi connectivity index (χ0n) is 15.5. The molecule has 122 valence electrons. The average Bonchev–Trinajstić information content (AvgIpc) is 2.35. The van der Waals surface area contributed by atoms with Gasteiger partial charge in [-0.05, 0) is 55.3 Å². The van der Waals surface area contributed by atoms with Crippen molar-refractivity contribution in [3.8, 4) is 0 Å². The molecule has 0 aliphatic rings. The van der Waals surface area contributed by atoms with Crippen molar-refractivity contribution in [2.24, 2.45) is 29.6 Å². The molecule has 0 rings (SSSR count). The van der Waals surface area contributed by atoms with Gasteiger partial charge in [0.25, 0.3) is 0 Å². The second kappa shape index (κ2) is 11.6. The monoisotopic (exact) mass is 282 g/mol. The van der Waals surface area contributed by atoms with E-state index in [2.05, 4.69) is 48.5 Å². The van der Waals surface area contributed by atoms with E-state index in [9.17, 15) is 0 Å². The highest BCUT2D eigenvalue weighted by Gasteiger charge is 2.20. The first-order valence-electron chi connectivity index (χ1n) is 9.42. The Kier molecular flexibility index (Phi) is 11.6. The lowest BCUT2D eigenvalue weighted by molar-refractivity contribution is 0.234. The fourth-order valence-corrected chi connectivity index (χ4v) is 3.89. The van der Waals surface area contributed by atoms with E-state index in [0.29, 0.717) is 0 Å². The van der Waals surface area contributed by atoms with E-state index >= 15 is 0 Å². The maximum Gasteiger partial charge on any atom is -0.0407 e. The quantitative estimate of drug-likeness (QED) is 0.351. The Morgan fingerprint density at radius 1 is 0.550 bits per heavy atom. The predicted octanol–water partition coefficient (Wildman–Crippen LogP) is 7.33. The summed E-state index contributed by atoms with van der Waals surface area (Å²) in [6, 6.07) is 0. The first-order valence-corrected chi connectivity index (χ1v) is 9.42. The summed E-state index contributed by atoms with van der Waals surface area (Å²) < 4.78 is 0. The highest BCUT2D eigenvalue weighted by Crippen LogP contribution is 2.33. The van der Waals surface area contributed by atoms with E-state index in [-0.39, 0.29) is 0 Å². The van der Waals surface area contributed by atoms with E-state index < -0.39 is 0 Å². The number of hydrogen-bond acceptors (Lipinski definition) is 0. The molecule has 0 aliphatic carbocycles. The molecule has 0 fully saturated rings. The summed E-state index contributed by atoms with van der Waals surface area (Å²) in [5.41, 5.74) is 0. The molecular weight excluding hydrogens is 240 g/mol. The van der Waals surface area contributed by atoms with Gasteiger partial charge < -0.3 is 0 Å². The van der Waals surface area contributed by atoms with Crippen LogP contribution in [0.5, 0.6) is 0 Å². The first kappa shape index (κ1) is 20.0. The third-order valence-electron chi connectivity index (χ3n) is 4.79. The molecule has 0 aromatic rings. The predicted molar refractivity (Wildman–Crippen MR) is 94.1 cm³/mol. The maximum atomic E-state index is 2.40. The second-order valence-electron chi connectivity index (χ2n) is 7.93. The molecule has 0 heterocycles. The van der Waals surface area contributed by atoms with Gasteiger partial charge in [-0.1, -0.05) is 74.1 Å². The van der Waals surface area contributed by atoms with Crippen molar-refractivity contribution >= 4 is 0 Å². The first-order chi connectivity index (χ1) is 9.42. The van der Waals surface area contributed by atoms with Crippen LogP contribution >= 0.6 is 0 Å². The Labute approximate surface area is 130 Å². The zero-order valence-corrected chi connectivity index (χ0v) is 15.5. The Morgan fingerprint density at radius 2 is 1.00 bits per heavy atom. The minimum Gasteiger partial charge on any atom is -0.0654 e. The van der Waals surface area contributed by atoms with Gasteiger partial charge in [-0.25, -0.2) is 0 Å². The third kappa shape index (κ3) is 9.83. The van der Waals surface area contributed by atoms with Gasteiger partial charge in [-0.2, -0.15) is 0 Å². The molecule has 0 heteroatoms. The molecule has 0 nitrogen and oxygen atoms in total. The smallest absolute Gasteiger partial charge is 0.0407 e. The van der Waals surface area contributed by atoms with Crippen molar-refractivity contribution in [2.75, 3.05) is 0 Å². The van der Waals surface area contributed by atoms with Crippen LogP contribution in [0.2, 0.25) is 0 Å². The molecule has 20 heavy (non-hydrogen) atoms. The van der Waals surface area contributed by atoms with E-state index in [1.807, 2.05) is 0 Å². The van der Waals surface area contributed by atoms with Gasteiger partial charge in [0.05, 0.1) is 0 Å². The molecule has 0 aliphatic heterocycles. The van der Waals surface area contributed by atoms with Crippen molar-refractivity contribution < 1.29 is 0 Å². The molecule has 0 N–H and O–H groups in total. The molecule has 0 aromatic heterocycles. The summed E-state index contributed by atoms with van der Waals surface area (Å²) in [4.78, 5) is 0. The lowest BCUT2D eigenvalue weighted by atomic mass is 9.78.